The second-order valence-corrected chi connectivity index (χ2v) is 8.79. The van der Waals surface area contributed by atoms with E-state index in [1.807, 2.05) is 51.4 Å². The van der Waals surface area contributed by atoms with Crippen molar-refractivity contribution in [3.63, 3.8) is 0 Å². The fraction of sp³-hybridized carbons (Fsp3) is 0.522. The molecule has 3 rings (SSSR count). The van der Waals surface area contributed by atoms with Crippen molar-refractivity contribution < 1.29 is 9.53 Å². The van der Waals surface area contributed by atoms with Gasteiger partial charge in [0, 0.05) is 45.1 Å². The predicted octanol–water partition coefficient (Wildman–Crippen LogP) is 3.61. The molecule has 8 nitrogen and oxygen atoms in total. The van der Waals surface area contributed by atoms with Crippen LogP contribution >= 0.6 is 24.0 Å². The zero-order valence-corrected chi connectivity index (χ0v) is 21.7. The highest BCUT2D eigenvalue weighted by molar-refractivity contribution is 14.0. The molecule has 2 aromatic rings. The highest BCUT2D eigenvalue weighted by Crippen LogP contribution is 2.15. The van der Waals surface area contributed by atoms with E-state index in [1.54, 1.807) is 11.9 Å². The Kier molecular flexibility index (Phi) is 9.80. The normalized spacial score (nSPS) is 16.8. The van der Waals surface area contributed by atoms with Crippen LogP contribution in [-0.2, 0) is 17.8 Å². The Bertz CT molecular complexity index is 878. The van der Waals surface area contributed by atoms with Crippen molar-refractivity contribution in [3.05, 3.63) is 54.1 Å². The minimum Gasteiger partial charge on any atom is -0.444 e. The standard InChI is InChI=1S/C23H34N6O2.HI/c1-23(2,3)31-22(30)29-13-8-11-19(17-29)27-21(24-4)26-15-20-25-12-14-28(20)16-18-9-6-5-7-10-18;/h5-7,9-10,12,14,19H,8,11,13,15-17H2,1-4H3,(H2,24,26,27);1H. The van der Waals surface area contributed by atoms with Gasteiger partial charge in [-0.3, -0.25) is 4.99 Å². The topological polar surface area (TPSA) is 83.8 Å². The zero-order valence-electron chi connectivity index (χ0n) is 19.4. The number of hydrogen-bond donors (Lipinski definition) is 2. The largest absolute Gasteiger partial charge is 0.444 e. The summed E-state index contributed by atoms with van der Waals surface area (Å²) < 4.78 is 7.64. The van der Waals surface area contributed by atoms with Crippen LogP contribution in [0, 0.1) is 0 Å². The number of halogens is 1. The third-order valence-corrected chi connectivity index (χ3v) is 5.05. The first kappa shape index (κ1) is 26.0. The van der Waals surface area contributed by atoms with Crippen molar-refractivity contribution in [3.8, 4) is 0 Å². The van der Waals surface area contributed by atoms with Gasteiger partial charge in [0.2, 0.25) is 0 Å². The maximum atomic E-state index is 12.4. The van der Waals surface area contributed by atoms with E-state index in [-0.39, 0.29) is 36.1 Å². The first-order valence-corrected chi connectivity index (χ1v) is 10.8. The molecule has 1 aromatic heterocycles. The van der Waals surface area contributed by atoms with E-state index in [1.165, 1.54) is 5.56 Å². The summed E-state index contributed by atoms with van der Waals surface area (Å²) in [7, 11) is 1.75. The highest BCUT2D eigenvalue weighted by atomic mass is 127. The van der Waals surface area contributed by atoms with Crippen LogP contribution in [0.15, 0.2) is 47.7 Å². The second kappa shape index (κ2) is 12.1. The third-order valence-electron chi connectivity index (χ3n) is 5.05. The summed E-state index contributed by atoms with van der Waals surface area (Å²) in [4.78, 5) is 23.0. The number of aliphatic imine (C=N–C) groups is 1. The number of benzene rings is 1. The molecular weight excluding hydrogens is 519 g/mol. The summed E-state index contributed by atoms with van der Waals surface area (Å²) in [5.41, 5.74) is 0.741. The van der Waals surface area contributed by atoms with Crippen LogP contribution in [0.25, 0.3) is 0 Å². The molecule has 1 saturated heterocycles. The number of hydrogen-bond acceptors (Lipinski definition) is 4. The Morgan fingerprint density at radius 2 is 2.03 bits per heavy atom. The van der Waals surface area contributed by atoms with Crippen molar-refractivity contribution in [2.75, 3.05) is 20.1 Å². The minimum absolute atomic E-state index is 0. The van der Waals surface area contributed by atoms with E-state index in [2.05, 4.69) is 37.3 Å². The smallest absolute Gasteiger partial charge is 0.410 e. The van der Waals surface area contributed by atoms with Gasteiger partial charge >= 0.3 is 6.09 Å². The van der Waals surface area contributed by atoms with Crippen molar-refractivity contribution in [1.82, 2.24) is 25.1 Å². The maximum absolute atomic E-state index is 12.4. The van der Waals surface area contributed by atoms with Gasteiger partial charge in [-0.25, -0.2) is 9.78 Å². The molecule has 2 N–H and O–H groups in total. The first-order valence-electron chi connectivity index (χ1n) is 10.8. The number of piperidine rings is 1. The summed E-state index contributed by atoms with van der Waals surface area (Å²) in [6.07, 6.45) is 5.44. The molecule has 0 saturated carbocycles. The van der Waals surface area contributed by atoms with E-state index in [4.69, 9.17) is 4.74 Å². The second-order valence-electron chi connectivity index (χ2n) is 8.79. The van der Waals surface area contributed by atoms with Crippen LogP contribution in [0.1, 0.15) is 45.0 Å². The lowest BCUT2D eigenvalue weighted by Crippen LogP contribution is -2.53. The van der Waals surface area contributed by atoms with Gasteiger partial charge in [0.25, 0.3) is 0 Å². The number of rotatable bonds is 5. The van der Waals surface area contributed by atoms with Gasteiger partial charge in [0.15, 0.2) is 5.96 Å². The summed E-state index contributed by atoms with van der Waals surface area (Å²) in [6, 6.07) is 10.4. The lowest BCUT2D eigenvalue weighted by Gasteiger charge is -2.35. The Hall–Kier alpha value is -2.30. The molecule has 1 aliphatic heterocycles. The van der Waals surface area contributed by atoms with Gasteiger partial charge in [-0.2, -0.15) is 0 Å². The van der Waals surface area contributed by atoms with Crippen LogP contribution < -0.4 is 10.6 Å². The highest BCUT2D eigenvalue weighted by Gasteiger charge is 2.28. The molecule has 32 heavy (non-hydrogen) atoms. The molecule has 0 radical (unpaired) electrons. The number of likely N-dealkylation sites (tertiary alicyclic amines) is 1. The summed E-state index contributed by atoms with van der Waals surface area (Å²) in [5.74, 6) is 1.64. The molecule has 1 fully saturated rings. The van der Waals surface area contributed by atoms with E-state index in [9.17, 15) is 4.79 Å². The number of imidazole rings is 1. The average Bonchev–Trinajstić information content (AvgIpc) is 3.17. The number of carbonyl (C=O) groups is 1. The van der Waals surface area contributed by atoms with E-state index < -0.39 is 5.60 Å². The Morgan fingerprint density at radius 3 is 2.72 bits per heavy atom. The first-order chi connectivity index (χ1) is 14.8. The van der Waals surface area contributed by atoms with Crippen LogP contribution in [0.3, 0.4) is 0 Å². The van der Waals surface area contributed by atoms with Crippen LogP contribution in [0.5, 0.6) is 0 Å². The SMILES string of the molecule is CN=C(NCc1nccn1Cc1ccccc1)NC1CCCN(C(=O)OC(C)(C)C)C1.I. The zero-order chi connectivity index (χ0) is 22.3. The molecule has 1 aromatic carbocycles. The van der Waals surface area contributed by atoms with Crippen LogP contribution in [0.4, 0.5) is 4.79 Å². The molecule has 1 atom stereocenters. The van der Waals surface area contributed by atoms with E-state index >= 15 is 0 Å². The molecule has 1 unspecified atom stereocenters. The van der Waals surface area contributed by atoms with Crippen molar-refractivity contribution in [1.29, 1.82) is 0 Å². The van der Waals surface area contributed by atoms with Gasteiger partial charge in [-0.15, -0.1) is 24.0 Å². The Balaban J connectivity index is 0.00000363. The molecule has 176 valence electrons. The molecular formula is C23H35IN6O2. The number of carbonyl (C=O) groups excluding carboxylic acids is 1. The predicted molar refractivity (Wildman–Crippen MR) is 137 cm³/mol. The van der Waals surface area contributed by atoms with Crippen molar-refractivity contribution >= 4 is 36.0 Å². The summed E-state index contributed by atoms with van der Waals surface area (Å²) in [5, 5.41) is 6.79. The van der Waals surface area contributed by atoms with Crippen LogP contribution in [0.2, 0.25) is 0 Å². The molecule has 9 heteroatoms. The number of nitrogens with one attached hydrogen (secondary N) is 2. The average molecular weight is 554 g/mol. The van der Waals surface area contributed by atoms with Gasteiger partial charge in [0.1, 0.15) is 11.4 Å². The fourth-order valence-corrected chi connectivity index (χ4v) is 3.57. The van der Waals surface area contributed by atoms with Gasteiger partial charge in [-0.1, -0.05) is 30.3 Å². The van der Waals surface area contributed by atoms with Gasteiger partial charge in [-0.05, 0) is 39.2 Å². The number of guanidine groups is 1. The number of ether oxygens (including phenoxy) is 1. The maximum Gasteiger partial charge on any atom is 0.410 e. The third kappa shape index (κ3) is 7.99. The van der Waals surface area contributed by atoms with E-state index in [0.717, 1.165) is 31.8 Å². The lowest BCUT2D eigenvalue weighted by molar-refractivity contribution is 0.0193. The van der Waals surface area contributed by atoms with Crippen molar-refractivity contribution in [2.24, 2.45) is 4.99 Å². The number of nitrogens with zero attached hydrogens (tertiary/aromatic N) is 4. The van der Waals surface area contributed by atoms with Crippen LogP contribution in [-0.4, -0.2) is 58.3 Å². The Labute approximate surface area is 207 Å². The molecule has 0 aliphatic carbocycles. The fourth-order valence-electron chi connectivity index (χ4n) is 3.57. The number of amides is 1. The van der Waals surface area contributed by atoms with Gasteiger partial charge < -0.3 is 24.8 Å². The molecule has 2 heterocycles. The summed E-state index contributed by atoms with van der Waals surface area (Å²) in [6.45, 7) is 8.31. The quantitative estimate of drug-likeness (QED) is 0.335. The minimum atomic E-state index is -0.489. The van der Waals surface area contributed by atoms with Gasteiger partial charge in [0.05, 0.1) is 6.54 Å². The molecule has 0 bridgehead atoms. The monoisotopic (exact) mass is 554 g/mol. The number of aromatic nitrogens is 2. The van der Waals surface area contributed by atoms with E-state index in [0.29, 0.717) is 19.0 Å². The van der Waals surface area contributed by atoms with Crippen molar-refractivity contribution in [2.45, 2.75) is 58.3 Å². The summed E-state index contributed by atoms with van der Waals surface area (Å²) >= 11 is 0. The lowest BCUT2D eigenvalue weighted by atomic mass is 10.1. The Morgan fingerprint density at radius 1 is 1.28 bits per heavy atom. The molecule has 1 aliphatic rings. The molecule has 1 amide bonds. The molecule has 0 spiro atoms.